The average Bonchev–Trinajstić information content (AvgIpc) is 2.39. The Morgan fingerprint density at radius 3 is 2.33 bits per heavy atom. The van der Waals surface area contributed by atoms with E-state index in [1.807, 2.05) is 6.07 Å². The molecule has 0 heterocycles. The molecule has 0 N–H and O–H groups in total. The van der Waals surface area contributed by atoms with Gasteiger partial charge in [-0.25, -0.2) is 4.39 Å². The molecule has 0 spiro atoms. The molecule has 2 rings (SSSR count). The molecule has 0 atom stereocenters. The van der Waals surface area contributed by atoms with Gasteiger partial charge in [0.2, 0.25) is 0 Å². The second kappa shape index (κ2) is 5.53. The second-order valence-electron chi connectivity index (χ2n) is 4.20. The van der Waals surface area contributed by atoms with E-state index in [1.165, 1.54) is 12.1 Å². The zero-order valence-electron chi connectivity index (χ0n) is 10.6. The minimum atomic E-state index is -0.229. The lowest BCUT2D eigenvalue weighted by molar-refractivity contribution is 0.628. The van der Waals surface area contributed by atoms with Crippen LogP contribution in [0.1, 0.15) is 25.0 Å². The predicted octanol–water partition coefficient (Wildman–Crippen LogP) is 5.07. The van der Waals surface area contributed by atoms with Crippen LogP contribution in [-0.4, -0.2) is 0 Å². The fraction of sp³-hybridized carbons (Fsp3) is 0.250. The molecule has 18 heavy (non-hydrogen) atoms. The summed E-state index contributed by atoms with van der Waals surface area (Å²) in [6.45, 7) is 4.15. The fourth-order valence-corrected chi connectivity index (χ4v) is 2.49. The van der Waals surface area contributed by atoms with Crippen molar-refractivity contribution in [3.63, 3.8) is 0 Å². The molecule has 0 aliphatic carbocycles. The SMILES string of the molecule is CCc1c[c]c(-c2ccc(F)cc2)c(CC)c1Cl. The molecule has 0 aliphatic heterocycles. The van der Waals surface area contributed by atoms with Gasteiger partial charge in [0.1, 0.15) is 5.82 Å². The minimum absolute atomic E-state index is 0.229. The molecule has 1 radical (unpaired) electrons. The summed E-state index contributed by atoms with van der Waals surface area (Å²) in [6, 6.07) is 11.7. The van der Waals surface area contributed by atoms with Gasteiger partial charge in [0.15, 0.2) is 0 Å². The maximum atomic E-state index is 12.9. The van der Waals surface area contributed by atoms with E-state index in [0.29, 0.717) is 0 Å². The van der Waals surface area contributed by atoms with Crippen LogP contribution < -0.4 is 0 Å². The number of hydrogen-bond donors (Lipinski definition) is 0. The number of benzene rings is 2. The predicted molar refractivity (Wildman–Crippen MR) is 74.4 cm³/mol. The summed E-state index contributed by atoms with van der Waals surface area (Å²) in [5, 5.41) is 0.818. The third-order valence-corrected chi connectivity index (χ3v) is 3.58. The van der Waals surface area contributed by atoms with Crippen LogP contribution >= 0.6 is 11.6 Å². The van der Waals surface area contributed by atoms with Gasteiger partial charge in [0.25, 0.3) is 0 Å². The number of rotatable bonds is 3. The van der Waals surface area contributed by atoms with Crippen LogP contribution in [-0.2, 0) is 12.8 Å². The Hall–Kier alpha value is -1.34. The first-order chi connectivity index (χ1) is 8.67. The second-order valence-corrected chi connectivity index (χ2v) is 4.57. The molecular weight excluding hydrogens is 247 g/mol. The molecule has 0 nitrogen and oxygen atoms in total. The lowest BCUT2D eigenvalue weighted by Gasteiger charge is -2.13. The molecule has 0 bridgehead atoms. The van der Waals surface area contributed by atoms with E-state index >= 15 is 0 Å². The molecule has 0 aromatic heterocycles. The standard InChI is InChI=1S/C16H15ClF/c1-3-11-7-10-15(14(4-2)16(11)17)12-5-8-13(18)9-6-12/h5-9H,3-4H2,1-2H3. The Balaban J connectivity index is 2.57. The van der Waals surface area contributed by atoms with Crippen LogP contribution in [0, 0.1) is 11.9 Å². The van der Waals surface area contributed by atoms with Gasteiger partial charge in [0, 0.05) is 5.02 Å². The van der Waals surface area contributed by atoms with E-state index in [2.05, 4.69) is 19.9 Å². The topological polar surface area (TPSA) is 0 Å². The van der Waals surface area contributed by atoms with Gasteiger partial charge >= 0.3 is 0 Å². The number of hydrogen-bond acceptors (Lipinski definition) is 0. The van der Waals surface area contributed by atoms with Gasteiger partial charge in [0.05, 0.1) is 0 Å². The summed E-state index contributed by atoms with van der Waals surface area (Å²) < 4.78 is 12.9. The van der Waals surface area contributed by atoms with Gasteiger partial charge in [-0.05, 0) is 59.4 Å². The molecular formula is C16H15ClF. The summed E-state index contributed by atoms with van der Waals surface area (Å²) in [5.41, 5.74) is 4.12. The Bertz CT molecular complexity index is 544. The molecule has 2 aromatic rings. The van der Waals surface area contributed by atoms with Gasteiger partial charge in [-0.1, -0.05) is 37.6 Å². The minimum Gasteiger partial charge on any atom is -0.207 e. The van der Waals surface area contributed by atoms with Crippen molar-refractivity contribution in [3.05, 3.63) is 58.4 Å². The van der Waals surface area contributed by atoms with Gasteiger partial charge in [-0.2, -0.15) is 0 Å². The van der Waals surface area contributed by atoms with Crippen molar-refractivity contribution in [2.45, 2.75) is 26.7 Å². The van der Waals surface area contributed by atoms with Crippen molar-refractivity contribution in [1.82, 2.24) is 0 Å². The molecule has 93 valence electrons. The van der Waals surface area contributed by atoms with Crippen molar-refractivity contribution in [2.75, 3.05) is 0 Å². The van der Waals surface area contributed by atoms with Crippen LogP contribution in [0.2, 0.25) is 5.02 Å². The van der Waals surface area contributed by atoms with Crippen LogP contribution in [0.4, 0.5) is 4.39 Å². The van der Waals surface area contributed by atoms with Crippen LogP contribution in [0.3, 0.4) is 0 Å². The first-order valence-electron chi connectivity index (χ1n) is 6.15. The summed E-state index contributed by atoms with van der Waals surface area (Å²) in [6.07, 6.45) is 1.74. The van der Waals surface area contributed by atoms with E-state index in [-0.39, 0.29) is 5.82 Å². The van der Waals surface area contributed by atoms with E-state index < -0.39 is 0 Å². The average molecular weight is 262 g/mol. The monoisotopic (exact) mass is 261 g/mol. The highest BCUT2D eigenvalue weighted by molar-refractivity contribution is 6.32. The number of halogens is 2. The Labute approximate surface area is 112 Å². The molecule has 0 aliphatic rings. The van der Waals surface area contributed by atoms with E-state index in [9.17, 15) is 4.39 Å². The fourth-order valence-electron chi connectivity index (χ4n) is 2.08. The van der Waals surface area contributed by atoms with Crippen molar-refractivity contribution < 1.29 is 4.39 Å². The third-order valence-electron chi connectivity index (χ3n) is 3.11. The van der Waals surface area contributed by atoms with Gasteiger partial charge < -0.3 is 0 Å². The first kappa shape index (κ1) is 13.1. The summed E-state index contributed by atoms with van der Waals surface area (Å²) in [5.74, 6) is -0.229. The number of aryl methyl sites for hydroxylation is 1. The molecule has 0 amide bonds. The smallest absolute Gasteiger partial charge is 0.123 e. The summed E-state index contributed by atoms with van der Waals surface area (Å²) in [4.78, 5) is 0. The lowest BCUT2D eigenvalue weighted by atomic mass is 9.95. The Morgan fingerprint density at radius 2 is 1.78 bits per heavy atom. The molecule has 0 unspecified atom stereocenters. The molecule has 0 saturated heterocycles. The Kier molecular flexibility index (Phi) is 4.03. The highest BCUT2D eigenvalue weighted by Gasteiger charge is 2.11. The van der Waals surface area contributed by atoms with Crippen LogP contribution in [0.5, 0.6) is 0 Å². The van der Waals surface area contributed by atoms with Crippen molar-refractivity contribution in [3.8, 4) is 11.1 Å². The molecule has 0 fully saturated rings. The normalized spacial score (nSPS) is 10.7. The van der Waals surface area contributed by atoms with Crippen molar-refractivity contribution in [2.24, 2.45) is 0 Å². The van der Waals surface area contributed by atoms with Crippen LogP contribution in [0.15, 0.2) is 30.3 Å². The zero-order chi connectivity index (χ0) is 13.1. The largest absolute Gasteiger partial charge is 0.207 e. The van der Waals surface area contributed by atoms with Gasteiger partial charge in [-0.3, -0.25) is 0 Å². The van der Waals surface area contributed by atoms with E-state index in [0.717, 1.165) is 40.1 Å². The van der Waals surface area contributed by atoms with Crippen LogP contribution in [0.25, 0.3) is 11.1 Å². The quantitative estimate of drug-likeness (QED) is 0.724. The maximum Gasteiger partial charge on any atom is 0.123 e. The summed E-state index contributed by atoms with van der Waals surface area (Å²) in [7, 11) is 0. The zero-order valence-corrected chi connectivity index (χ0v) is 11.3. The lowest BCUT2D eigenvalue weighted by Crippen LogP contribution is -1.94. The molecule has 0 saturated carbocycles. The van der Waals surface area contributed by atoms with E-state index in [1.54, 1.807) is 12.1 Å². The molecule has 2 heteroatoms. The highest BCUT2D eigenvalue weighted by atomic mass is 35.5. The highest BCUT2D eigenvalue weighted by Crippen LogP contribution is 2.32. The third kappa shape index (κ3) is 2.41. The first-order valence-corrected chi connectivity index (χ1v) is 6.53. The molecule has 2 aromatic carbocycles. The maximum absolute atomic E-state index is 12.9. The van der Waals surface area contributed by atoms with Gasteiger partial charge in [-0.15, -0.1) is 0 Å². The Morgan fingerprint density at radius 1 is 1.11 bits per heavy atom. The van der Waals surface area contributed by atoms with E-state index in [4.69, 9.17) is 11.6 Å². The summed E-state index contributed by atoms with van der Waals surface area (Å²) >= 11 is 6.40. The van der Waals surface area contributed by atoms with Crippen molar-refractivity contribution >= 4 is 11.6 Å². The van der Waals surface area contributed by atoms with Crippen molar-refractivity contribution in [1.29, 1.82) is 0 Å².